The van der Waals surface area contributed by atoms with Crippen molar-refractivity contribution in [2.24, 2.45) is 11.8 Å². The Labute approximate surface area is 182 Å². The van der Waals surface area contributed by atoms with Crippen molar-refractivity contribution < 1.29 is 4.79 Å². The molecule has 3 atom stereocenters. The van der Waals surface area contributed by atoms with Crippen LogP contribution in [-0.4, -0.2) is 32.0 Å². The van der Waals surface area contributed by atoms with E-state index < -0.39 is 0 Å². The van der Waals surface area contributed by atoms with E-state index in [0.29, 0.717) is 23.6 Å². The molecular formula is C24H30N4OS. The first-order chi connectivity index (χ1) is 14.6. The summed E-state index contributed by atoms with van der Waals surface area (Å²) in [6.07, 6.45) is 9.56. The fourth-order valence-corrected chi connectivity index (χ4v) is 5.07. The smallest absolute Gasteiger partial charge is 0.230 e. The van der Waals surface area contributed by atoms with Crippen LogP contribution in [0.15, 0.2) is 61.1 Å². The molecule has 1 fully saturated rings. The first-order valence-electron chi connectivity index (χ1n) is 10.8. The maximum Gasteiger partial charge on any atom is 0.230 e. The highest BCUT2D eigenvalue weighted by Crippen LogP contribution is 2.29. The molecule has 0 spiro atoms. The summed E-state index contributed by atoms with van der Waals surface area (Å²) in [6, 6.07) is 14.5. The molecule has 0 aliphatic heterocycles. The van der Waals surface area contributed by atoms with Crippen molar-refractivity contribution in [3.05, 3.63) is 66.6 Å². The molecule has 2 aromatic heterocycles. The Morgan fingerprint density at radius 1 is 1.13 bits per heavy atom. The van der Waals surface area contributed by atoms with Gasteiger partial charge in [-0.3, -0.25) is 4.79 Å². The van der Waals surface area contributed by atoms with Crippen molar-refractivity contribution in [1.82, 2.24) is 19.7 Å². The normalized spacial score (nSPS) is 21.5. The van der Waals surface area contributed by atoms with Crippen LogP contribution in [0, 0.1) is 11.8 Å². The molecule has 0 radical (unpaired) electrons. The number of thioether (sulfide) groups is 1. The largest absolute Gasteiger partial charge is 0.352 e. The van der Waals surface area contributed by atoms with E-state index in [-0.39, 0.29) is 5.91 Å². The van der Waals surface area contributed by atoms with Crippen LogP contribution in [0.1, 0.15) is 38.7 Å². The molecule has 158 valence electrons. The van der Waals surface area contributed by atoms with E-state index >= 15 is 0 Å². The Bertz CT molecular complexity index is 951. The molecule has 4 rings (SSSR count). The minimum absolute atomic E-state index is 0.143. The number of aromatic nitrogens is 3. The topological polar surface area (TPSA) is 51.9 Å². The predicted molar refractivity (Wildman–Crippen MR) is 123 cm³/mol. The van der Waals surface area contributed by atoms with E-state index in [4.69, 9.17) is 0 Å². The summed E-state index contributed by atoms with van der Waals surface area (Å²) in [7, 11) is 0. The van der Waals surface area contributed by atoms with Gasteiger partial charge in [-0.25, -0.2) is 4.68 Å². The number of nitrogens with one attached hydrogen (secondary N) is 1. The Morgan fingerprint density at radius 2 is 1.90 bits per heavy atom. The number of nitrogens with zero attached hydrogens (tertiary/aromatic N) is 3. The van der Waals surface area contributed by atoms with Crippen molar-refractivity contribution in [2.75, 3.05) is 5.75 Å². The SMILES string of the molecule is C[C@@H]1[C@H](C)CCC[C@@H]1NC(=O)CSCc1cnn(-c2ccccc2)c1-n1cccc1. The lowest BCUT2D eigenvalue weighted by Gasteiger charge is -2.34. The average molecular weight is 423 g/mol. The molecule has 0 bridgehead atoms. The highest BCUT2D eigenvalue weighted by Gasteiger charge is 2.28. The third-order valence-electron chi connectivity index (χ3n) is 6.21. The summed E-state index contributed by atoms with van der Waals surface area (Å²) < 4.78 is 4.04. The van der Waals surface area contributed by atoms with Gasteiger partial charge in [-0.05, 0) is 42.5 Å². The lowest BCUT2D eigenvalue weighted by molar-refractivity contribution is -0.119. The minimum Gasteiger partial charge on any atom is -0.352 e. The number of carbonyl (C=O) groups excluding carboxylic acids is 1. The summed E-state index contributed by atoms with van der Waals surface area (Å²) in [5.41, 5.74) is 2.14. The molecule has 5 nitrogen and oxygen atoms in total. The summed E-state index contributed by atoms with van der Waals surface area (Å²) in [5.74, 6) is 3.61. The maximum absolute atomic E-state index is 12.5. The van der Waals surface area contributed by atoms with Crippen LogP contribution in [0.2, 0.25) is 0 Å². The van der Waals surface area contributed by atoms with Crippen LogP contribution in [-0.2, 0) is 10.5 Å². The van der Waals surface area contributed by atoms with Gasteiger partial charge in [0, 0.05) is 29.8 Å². The number of benzene rings is 1. The Hall–Kier alpha value is -2.47. The highest BCUT2D eigenvalue weighted by atomic mass is 32.2. The van der Waals surface area contributed by atoms with E-state index in [9.17, 15) is 4.79 Å². The van der Waals surface area contributed by atoms with E-state index in [1.807, 2.05) is 53.6 Å². The zero-order chi connectivity index (χ0) is 20.9. The van der Waals surface area contributed by atoms with Gasteiger partial charge in [-0.15, -0.1) is 11.8 Å². The second-order valence-electron chi connectivity index (χ2n) is 8.27. The molecule has 0 unspecified atom stereocenters. The van der Waals surface area contributed by atoms with Crippen LogP contribution in [0.5, 0.6) is 0 Å². The minimum atomic E-state index is 0.143. The summed E-state index contributed by atoms with van der Waals surface area (Å²) in [6.45, 7) is 4.56. The summed E-state index contributed by atoms with van der Waals surface area (Å²) in [5, 5.41) is 7.91. The second-order valence-corrected chi connectivity index (χ2v) is 9.25. The monoisotopic (exact) mass is 422 g/mol. The molecular weight excluding hydrogens is 392 g/mol. The van der Waals surface area contributed by atoms with Crippen molar-refractivity contribution in [3.8, 4) is 11.5 Å². The third kappa shape index (κ3) is 4.64. The molecule has 3 aromatic rings. The highest BCUT2D eigenvalue weighted by molar-refractivity contribution is 7.99. The standard InChI is InChI=1S/C24H30N4OS/c1-18-9-8-12-22(19(18)2)26-23(29)17-30-16-20-15-25-28(21-10-4-3-5-11-21)24(20)27-13-6-7-14-27/h3-7,10-11,13-15,18-19,22H,8-9,12,16-17H2,1-2H3,(H,26,29)/t18-,19-,22+/m1/s1. The van der Waals surface area contributed by atoms with E-state index in [1.54, 1.807) is 11.8 Å². The quantitative estimate of drug-likeness (QED) is 0.593. The van der Waals surface area contributed by atoms with Crippen molar-refractivity contribution in [2.45, 2.75) is 44.9 Å². The Balaban J connectivity index is 1.41. The Morgan fingerprint density at radius 3 is 2.67 bits per heavy atom. The lowest BCUT2D eigenvalue weighted by Crippen LogP contribution is -2.44. The third-order valence-corrected chi connectivity index (χ3v) is 7.19. The van der Waals surface area contributed by atoms with Crippen LogP contribution in [0.4, 0.5) is 0 Å². The van der Waals surface area contributed by atoms with E-state index in [1.165, 1.54) is 12.8 Å². The summed E-state index contributed by atoms with van der Waals surface area (Å²) >= 11 is 1.65. The molecule has 1 N–H and O–H groups in total. The summed E-state index contributed by atoms with van der Waals surface area (Å²) in [4.78, 5) is 12.5. The fourth-order valence-electron chi connectivity index (χ4n) is 4.27. The Kier molecular flexibility index (Phi) is 6.62. The molecule has 30 heavy (non-hydrogen) atoms. The van der Waals surface area contributed by atoms with Gasteiger partial charge in [0.15, 0.2) is 0 Å². The van der Waals surface area contributed by atoms with Crippen molar-refractivity contribution in [1.29, 1.82) is 0 Å². The zero-order valence-corrected chi connectivity index (χ0v) is 18.5. The van der Waals surface area contributed by atoms with Gasteiger partial charge in [-0.1, -0.05) is 44.9 Å². The van der Waals surface area contributed by atoms with Gasteiger partial charge < -0.3 is 9.88 Å². The fraction of sp³-hybridized carbons (Fsp3) is 0.417. The second kappa shape index (κ2) is 9.56. The first kappa shape index (κ1) is 20.8. The van der Waals surface area contributed by atoms with Crippen molar-refractivity contribution >= 4 is 17.7 Å². The van der Waals surface area contributed by atoms with E-state index in [2.05, 4.69) is 41.0 Å². The lowest BCUT2D eigenvalue weighted by atomic mass is 9.78. The van der Waals surface area contributed by atoms with Crippen LogP contribution >= 0.6 is 11.8 Å². The van der Waals surface area contributed by atoms with Gasteiger partial charge >= 0.3 is 0 Å². The maximum atomic E-state index is 12.5. The molecule has 2 heterocycles. The van der Waals surface area contributed by atoms with Gasteiger partial charge in [0.2, 0.25) is 5.91 Å². The van der Waals surface area contributed by atoms with Gasteiger partial charge in [-0.2, -0.15) is 5.10 Å². The van der Waals surface area contributed by atoms with Crippen LogP contribution < -0.4 is 5.32 Å². The van der Waals surface area contributed by atoms with Crippen molar-refractivity contribution in [3.63, 3.8) is 0 Å². The van der Waals surface area contributed by atoms with Gasteiger partial charge in [0.05, 0.1) is 17.6 Å². The van der Waals surface area contributed by atoms with E-state index in [0.717, 1.165) is 29.2 Å². The van der Waals surface area contributed by atoms with Gasteiger partial charge in [0.25, 0.3) is 0 Å². The molecule has 1 saturated carbocycles. The molecule has 1 aliphatic carbocycles. The van der Waals surface area contributed by atoms with Gasteiger partial charge in [0.1, 0.15) is 5.82 Å². The molecule has 1 amide bonds. The molecule has 0 saturated heterocycles. The number of hydrogen-bond acceptors (Lipinski definition) is 3. The first-order valence-corrected chi connectivity index (χ1v) is 11.9. The van der Waals surface area contributed by atoms with Crippen LogP contribution in [0.3, 0.4) is 0 Å². The number of para-hydroxylation sites is 1. The van der Waals surface area contributed by atoms with Crippen LogP contribution in [0.25, 0.3) is 11.5 Å². The number of amides is 1. The molecule has 6 heteroatoms. The number of rotatable bonds is 7. The molecule has 1 aliphatic rings. The molecule has 1 aromatic carbocycles. The number of hydrogen-bond donors (Lipinski definition) is 1. The zero-order valence-electron chi connectivity index (χ0n) is 17.7. The average Bonchev–Trinajstić information content (AvgIpc) is 3.42. The predicted octanol–water partition coefficient (Wildman–Crippen LogP) is 4.84. The number of carbonyl (C=O) groups is 1.